The van der Waals surface area contributed by atoms with Crippen molar-refractivity contribution in [2.24, 2.45) is 0 Å². The molecule has 0 bridgehead atoms. The zero-order valence-corrected chi connectivity index (χ0v) is 15.1. The second-order valence-corrected chi connectivity index (χ2v) is 8.33. The number of benzene rings is 2. The first-order chi connectivity index (χ1) is 12.5. The van der Waals surface area contributed by atoms with E-state index in [0.717, 1.165) is 5.56 Å². The fraction of sp³-hybridized carbons (Fsp3) is 0.316. The normalized spacial score (nSPS) is 16.3. The summed E-state index contributed by atoms with van der Waals surface area (Å²) in [5.74, 6) is -0.167. The van der Waals surface area contributed by atoms with Crippen molar-refractivity contribution < 1.29 is 12.8 Å². The van der Waals surface area contributed by atoms with Crippen molar-refractivity contribution >= 4 is 15.7 Å². The molecule has 0 amide bonds. The highest BCUT2D eigenvalue weighted by Gasteiger charge is 2.28. The number of sulfonamides is 1. The highest BCUT2D eigenvalue weighted by Crippen LogP contribution is 2.21. The molecule has 26 heavy (non-hydrogen) atoms. The molecule has 0 spiro atoms. The van der Waals surface area contributed by atoms with Crippen molar-refractivity contribution in [1.82, 2.24) is 4.31 Å². The van der Waals surface area contributed by atoms with Crippen molar-refractivity contribution in [3.63, 3.8) is 0 Å². The molecule has 0 atom stereocenters. The van der Waals surface area contributed by atoms with Gasteiger partial charge in [0.05, 0.1) is 17.4 Å². The summed E-state index contributed by atoms with van der Waals surface area (Å²) >= 11 is 0. The van der Waals surface area contributed by atoms with E-state index in [-0.39, 0.29) is 11.6 Å². The van der Waals surface area contributed by atoms with E-state index in [4.69, 9.17) is 0 Å². The highest BCUT2D eigenvalue weighted by atomic mass is 32.2. The van der Waals surface area contributed by atoms with E-state index in [1.54, 1.807) is 24.3 Å². The summed E-state index contributed by atoms with van der Waals surface area (Å²) in [4.78, 5) is 1.91. The Hall–Kier alpha value is -2.43. The minimum atomic E-state index is -3.18. The average Bonchev–Trinajstić information content (AvgIpc) is 2.97. The van der Waals surface area contributed by atoms with Gasteiger partial charge in [-0.3, -0.25) is 0 Å². The van der Waals surface area contributed by atoms with Crippen LogP contribution >= 0.6 is 0 Å². The molecule has 7 heteroatoms. The van der Waals surface area contributed by atoms with E-state index in [1.165, 1.54) is 16.4 Å². The molecule has 1 heterocycles. The van der Waals surface area contributed by atoms with E-state index in [1.807, 2.05) is 17.0 Å². The number of halogens is 1. The summed E-state index contributed by atoms with van der Waals surface area (Å²) in [6, 6.07) is 15.6. The maximum atomic E-state index is 13.7. The van der Waals surface area contributed by atoms with Crippen LogP contribution in [0.2, 0.25) is 0 Å². The van der Waals surface area contributed by atoms with Gasteiger partial charge in [0.25, 0.3) is 0 Å². The van der Waals surface area contributed by atoms with Gasteiger partial charge in [0.15, 0.2) is 0 Å². The predicted molar refractivity (Wildman–Crippen MR) is 98.6 cm³/mol. The monoisotopic (exact) mass is 373 g/mol. The summed E-state index contributed by atoms with van der Waals surface area (Å²) in [7, 11) is -3.18. The summed E-state index contributed by atoms with van der Waals surface area (Å²) in [6.07, 6.45) is 0.638. The zero-order valence-electron chi connectivity index (χ0n) is 14.3. The van der Waals surface area contributed by atoms with Gasteiger partial charge in [0, 0.05) is 31.9 Å². The summed E-state index contributed by atoms with van der Waals surface area (Å²) in [5.41, 5.74) is 2.04. The molecule has 0 N–H and O–H groups in total. The van der Waals surface area contributed by atoms with Crippen molar-refractivity contribution in [2.45, 2.75) is 13.0 Å². The Bertz CT molecular complexity index is 924. The molecule has 5 nitrogen and oxygen atoms in total. The Morgan fingerprint density at radius 3 is 2.69 bits per heavy atom. The van der Waals surface area contributed by atoms with Crippen molar-refractivity contribution in [2.75, 3.05) is 30.3 Å². The second kappa shape index (κ2) is 7.85. The standard InChI is InChI=1S/C19H20FN3O2S/c20-18-7-3-8-19(13-18)22(10-11-23-9-4-12-26(23,24)25)15-17-6-2-1-5-16(17)14-21/h1-3,5-8,13H,4,9-12,15H2. The molecule has 1 fully saturated rings. The molecule has 0 aromatic heterocycles. The van der Waals surface area contributed by atoms with Gasteiger partial charge < -0.3 is 4.90 Å². The van der Waals surface area contributed by atoms with Crippen LogP contribution in [-0.2, 0) is 16.6 Å². The number of nitrogens with zero attached hydrogens (tertiary/aromatic N) is 3. The Kier molecular flexibility index (Phi) is 5.55. The summed E-state index contributed by atoms with van der Waals surface area (Å²) in [5, 5.41) is 9.30. The molecule has 3 rings (SSSR count). The number of nitriles is 1. The van der Waals surface area contributed by atoms with Crippen molar-refractivity contribution in [3.05, 3.63) is 65.5 Å². The number of rotatable bonds is 6. The number of hydrogen-bond acceptors (Lipinski definition) is 4. The molecular formula is C19H20FN3O2S. The topological polar surface area (TPSA) is 64.4 Å². The Balaban J connectivity index is 1.83. The van der Waals surface area contributed by atoms with E-state index in [9.17, 15) is 18.1 Å². The van der Waals surface area contributed by atoms with Crippen LogP contribution < -0.4 is 4.90 Å². The van der Waals surface area contributed by atoms with Gasteiger partial charge in [-0.05, 0) is 36.2 Å². The number of hydrogen-bond donors (Lipinski definition) is 0. The van der Waals surface area contributed by atoms with Crippen molar-refractivity contribution in [1.29, 1.82) is 5.26 Å². The third kappa shape index (κ3) is 4.21. The van der Waals surface area contributed by atoms with E-state index in [0.29, 0.717) is 43.9 Å². The van der Waals surface area contributed by atoms with Gasteiger partial charge >= 0.3 is 0 Å². The lowest BCUT2D eigenvalue weighted by Crippen LogP contribution is -2.36. The van der Waals surface area contributed by atoms with E-state index in [2.05, 4.69) is 6.07 Å². The molecule has 0 saturated carbocycles. The van der Waals surface area contributed by atoms with Crippen LogP contribution in [0.3, 0.4) is 0 Å². The first kappa shape index (κ1) is 18.4. The lowest BCUT2D eigenvalue weighted by atomic mass is 10.1. The van der Waals surface area contributed by atoms with Crippen molar-refractivity contribution in [3.8, 4) is 6.07 Å². The third-order valence-electron chi connectivity index (χ3n) is 4.49. The Morgan fingerprint density at radius 2 is 2.00 bits per heavy atom. The second-order valence-electron chi connectivity index (χ2n) is 6.24. The Labute approximate surface area is 153 Å². The Morgan fingerprint density at radius 1 is 1.19 bits per heavy atom. The van der Waals surface area contributed by atoms with Crippen LogP contribution in [0.25, 0.3) is 0 Å². The molecule has 2 aromatic carbocycles. The SMILES string of the molecule is N#Cc1ccccc1CN(CCN1CCCS1(=O)=O)c1cccc(F)c1. The average molecular weight is 373 g/mol. The van der Waals surface area contributed by atoms with Gasteiger partial charge in [-0.15, -0.1) is 0 Å². The van der Waals surface area contributed by atoms with Gasteiger partial charge in [0.2, 0.25) is 10.0 Å². The largest absolute Gasteiger partial charge is 0.366 e. The molecule has 0 radical (unpaired) electrons. The maximum Gasteiger partial charge on any atom is 0.214 e. The van der Waals surface area contributed by atoms with E-state index >= 15 is 0 Å². The highest BCUT2D eigenvalue weighted by molar-refractivity contribution is 7.89. The fourth-order valence-electron chi connectivity index (χ4n) is 3.12. The summed E-state index contributed by atoms with van der Waals surface area (Å²) < 4.78 is 39.2. The quantitative estimate of drug-likeness (QED) is 0.781. The van der Waals surface area contributed by atoms with Gasteiger partial charge in [0.1, 0.15) is 5.82 Å². The first-order valence-corrected chi connectivity index (χ1v) is 10.1. The molecule has 0 aliphatic carbocycles. The van der Waals surface area contributed by atoms with Crippen LogP contribution in [0.15, 0.2) is 48.5 Å². The van der Waals surface area contributed by atoms with E-state index < -0.39 is 10.0 Å². The first-order valence-electron chi connectivity index (χ1n) is 8.46. The molecule has 1 aliphatic rings. The minimum Gasteiger partial charge on any atom is -0.366 e. The molecule has 136 valence electrons. The van der Waals surface area contributed by atoms with Gasteiger partial charge in [-0.2, -0.15) is 5.26 Å². The molecule has 2 aromatic rings. The van der Waals surface area contributed by atoms with Gasteiger partial charge in [-0.25, -0.2) is 17.1 Å². The van der Waals surface area contributed by atoms with Crippen LogP contribution in [0, 0.1) is 17.1 Å². The molecule has 1 aliphatic heterocycles. The van der Waals surface area contributed by atoms with Crippen LogP contribution in [0.5, 0.6) is 0 Å². The van der Waals surface area contributed by atoms with Crippen LogP contribution in [0.1, 0.15) is 17.5 Å². The molecule has 1 saturated heterocycles. The zero-order chi connectivity index (χ0) is 18.6. The molecule has 0 unspecified atom stereocenters. The fourth-order valence-corrected chi connectivity index (χ4v) is 4.64. The summed E-state index contributed by atoms with van der Waals surface area (Å²) in [6.45, 7) is 1.69. The van der Waals surface area contributed by atoms with Crippen LogP contribution in [-0.4, -0.2) is 38.1 Å². The number of anilines is 1. The maximum absolute atomic E-state index is 13.7. The minimum absolute atomic E-state index is 0.185. The predicted octanol–water partition coefficient (Wildman–Crippen LogP) is 2.74. The lowest BCUT2D eigenvalue weighted by Gasteiger charge is -2.27. The van der Waals surface area contributed by atoms with Crippen LogP contribution in [0.4, 0.5) is 10.1 Å². The third-order valence-corrected chi connectivity index (χ3v) is 6.45. The van der Waals surface area contributed by atoms with Gasteiger partial charge in [-0.1, -0.05) is 24.3 Å². The molecular weight excluding hydrogens is 353 g/mol. The lowest BCUT2D eigenvalue weighted by molar-refractivity contribution is 0.445. The smallest absolute Gasteiger partial charge is 0.214 e.